The van der Waals surface area contributed by atoms with Crippen molar-refractivity contribution in [2.24, 2.45) is 0 Å². The van der Waals surface area contributed by atoms with Gasteiger partial charge in [-0.25, -0.2) is 4.39 Å². The monoisotopic (exact) mass is 293 g/mol. The highest BCUT2D eigenvalue weighted by Gasteiger charge is 2.35. The predicted octanol–water partition coefficient (Wildman–Crippen LogP) is 3.00. The summed E-state index contributed by atoms with van der Waals surface area (Å²) in [6, 6.07) is 2.59. The second kappa shape index (κ2) is 6.69. The van der Waals surface area contributed by atoms with E-state index in [0.717, 1.165) is 12.1 Å². The lowest BCUT2D eigenvalue weighted by molar-refractivity contribution is -0.140. The van der Waals surface area contributed by atoms with Gasteiger partial charge in [-0.1, -0.05) is 6.07 Å². The molecule has 1 aromatic rings. The zero-order chi connectivity index (χ0) is 15.3. The van der Waals surface area contributed by atoms with Crippen molar-refractivity contribution in [1.29, 1.82) is 0 Å². The molecular weight excluding hydrogens is 278 g/mol. The highest BCUT2D eigenvalue weighted by Crippen LogP contribution is 2.32. The molecule has 0 radical (unpaired) electrons. The van der Waals surface area contributed by atoms with E-state index in [1.807, 2.05) is 0 Å². The molecule has 0 aliphatic carbocycles. The standard InChI is InChI=1S/C13H15F4NO2/c1-3-20-8(2)7-18-12(19)9-5-4-6-10(11(9)14)13(15,16)17/h4-6,8H,3,7H2,1-2H3,(H,18,19). The smallest absolute Gasteiger partial charge is 0.377 e. The summed E-state index contributed by atoms with van der Waals surface area (Å²) in [4.78, 5) is 11.7. The number of nitrogens with one attached hydrogen (secondary N) is 1. The maximum atomic E-state index is 13.7. The second-order valence-corrected chi connectivity index (χ2v) is 4.14. The van der Waals surface area contributed by atoms with Gasteiger partial charge in [0.1, 0.15) is 5.82 Å². The minimum atomic E-state index is -4.83. The van der Waals surface area contributed by atoms with Gasteiger partial charge in [-0.2, -0.15) is 13.2 Å². The molecule has 3 nitrogen and oxygen atoms in total. The van der Waals surface area contributed by atoms with Crippen molar-refractivity contribution < 1.29 is 27.1 Å². The van der Waals surface area contributed by atoms with Gasteiger partial charge in [-0.05, 0) is 26.0 Å². The number of carbonyl (C=O) groups is 1. The fourth-order valence-electron chi connectivity index (χ4n) is 1.60. The van der Waals surface area contributed by atoms with Crippen LogP contribution in [0.4, 0.5) is 17.6 Å². The van der Waals surface area contributed by atoms with Crippen LogP contribution in [0.3, 0.4) is 0 Å². The van der Waals surface area contributed by atoms with Crippen LogP contribution in [-0.4, -0.2) is 25.2 Å². The van der Waals surface area contributed by atoms with Gasteiger partial charge in [-0.3, -0.25) is 4.79 Å². The normalized spacial score (nSPS) is 13.1. The first-order chi connectivity index (χ1) is 9.27. The Bertz CT molecular complexity index is 474. The Morgan fingerprint density at radius 2 is 2.05 bits per heavy atom. The molecule has 1 atom stereocenters. The Hall–Kier alpha value is -1.63. The Kier molecular flexibility index (Phi) is 5.50. The number of carbonyl (C=O) groups excluding carboxylic acids is 1. The number of ether oxygens (including phenoxy) is 1. The number of rotatable bonds is 5. The highest BCUT2D eigenvalue weighted by atomic mass is 19.4. The number of amides is 1. The molecule has 0 bridgehead atoms. The van der Waals surface area contributed by atoms with Gasteiger partial charge in [0, 0.05) is 13.2 Å². The summed E-state index contributed by atoms with van der Waals surface area (Å²) in [5.74, 6) is -2.47. The average Bonchev–Trinajstić information content (AvgIpc) is 2.35. The van der Waals surface area contributed by atoms with Gasteiger partial charge in [0.2, 0.25) is 0 Å². The molecule has 0 fully saturated rings. The molecule has 1 unspecified atom stereocenters. The first-order valence-electron chi connectivity index (χ1n) is 6.02. The second-order valence-electron chi connectivity index (χ2n) is 4.14. The van der Waals surface area contributed by atoms with Crippen molar-refractivity contribution in [3.63, 3.8) is 0 Å². The first kappa shape index (κ1) is 16.4. The number of halogens is 4. The number of benzene rings is 1. The molecule has 20 heavy (non-hydrogen) atoms. The van der Waals surface area contributed by atoms with Crippen molar-refractivity contribution in [2.75, 3.05) is 13.2 Å². The maximum Gasteiger partial charge on any atom is 0.419 e. The Balaban J connectivity index is 2.84. The third-order valence-corrected chi connectivity index (χ3v) is 2.55. The van der Waals surface area contributed by atoms with Crippen molar-refractivity contribution in [3.8, 4) is 0 Å². The zero-order valence-corrected chi connectivity index (χ0v) is 11.1. The molecule has 1 amide bonds. The summed E-state index contributed by atoms with van der Waals surface area (Å²) >= 11 is 0. The van der Waals surface area contributed by atoms with Gasteiger partial charge in [0.25, 0.3) is 5.91 Å². The molecule has 0 aliphatic rings. The van der Waals surface area contributed by atoms with E-state index in [2.05, 4.69) is 5.32 Å². The number of alkyl halides is 3. The van der Waals surface area contributed by atoms with E-state index in [0.29, 0.717) is 12.7 Å². The quantitative estimate of drug-likeness (QED) is 0.848. The molecule has 1 N–H and O–H groups in total. The summed E-state index contributed by atoms with van der Waals surface area (Å²) in [5.41, 5.74) is -2.09. The van der Waals surface area contributed by atoms with Crippen LogP contribution in [0.15, 0.2) is 18.2 Å². The van der Waals surface area contributed by atoms with Crippen LogP contribution in [0.2, 0.25) is 0 Å². The summed E-state index contributed by atoms with van der Waals surface area (Å²) in [6.45, 7) is 3.98. The van der Waals surface area contributed by atoms with Crippen LogP contribution in [0, 0.1) is 5.82 Å². The van der Waals surface area contributed by atoms with Crippen molar-refractivity contribution in [3.05, 3.63) is 35.1 Å². The summed E-state index contributed by atoms with van der Waals surface area (Å²) < 4.78 is 56.4. The van der Waals surface area contributed by atoms with Crippen LogP contribution < -0.4 is 5.32 Å². The Morgan fingerprint density at radius 3 is 2.60 bits per heavy atom. The van der Waals surface area contributed by atoms with Crippen molar-refractivity contribution in [1.82, 2.24) is 5.32 Å². The zero-order valence-electron chi connectivity index (χ0n) is 11.1. The van der Waals surface area contributed by atoms with Crippen LogP contribution in [0.5, 0.6) is 0 Å². The predicted molar refractivity (Wildman–Crippen MR) is 64.8 cm³/mol. The van der Waals surface area contributed by atoms with E-state index in [4.69, 9.17) is 4.74 Å². The molecule has 1 aromatic carbocycles. The summed E-state index contributed by atoms with van der Waals surface area (Å²) in [6.07, 6.45) is -5.14. The fraction of sp³-hybridized carbons (Fsp3) is 0.462. The van der Waals surface area contributed by atoms with E-state index in [-0.39, 0.29) is 12.6 Å². The lowest BCUT2D eigenvalue weighted by Gasteiger charge is -2.14. The van der Waals surface area contributed by atoms with Gasteiger partial charge in [-0.15, -0.1) is 0 Å². The van der Waals surface area contributed by atoms with E-state index in [1.54, 1.807) is 13.8 Å². The molecular formula is C13H15F4NO2. The summed E-state index contributed by atoms with van der Waals surface area (Å²) in [7, 11) is 0. The maximum absolute atomic E-state index is 13.7. The molecule has 1 rings (SSSR count). The van der Waals surface area contributed by atoms with Gasteiger partial charge in [0.05, 0.1) is 17.2 Å². The van der Waals surface area contributed by atoms with E-state index in [1.165, 1.54) is 0 Å². The van der Waals surface area contributed by atoms with Crippen LogP contribution in [0.1, 0.15) is 29.8 Å². The molecule has 0 aromatic heterocycles. The molecule has 0 spiro atoms. The van der Waals surface area contributed by atoms with E-state index < -0.39 is 29.0 Å². The minimum absolute atomic E-state index is 0.0857. The molecule has 0 saturated heterocycles. The summed E-state index contributed by atoms with van der Waals surface area (Å²) in [5, 5.41) is 2.33. The largest absolute Gasteiger partial charge is 0.419 e. The number of hydrogen-bond acceptors (Lipinski definition) is 2. The van der Waals surface area contributed by atoms with Crippen LogP contribution in [-0.2, 0) is 10.9 Å². The molecule has 7 heteroatoms. The molecule has 0 aliphatic heterocycles. The first-order valence-corrected chi connectivity index (χ1v) is 6.02. The van der Waals surface area contributed by atoms with Gasteiger partial charge >= 0.3 is 6.18 Å². The molecule has 0 heterocycles. The average molecular weight is 293 g/mol. The lowest BCUT2D eigenvalue weighted by atomic mass is 10.1. The molecule has 112 valence electrons. The highest BCUT2D eigenvalue weighted by molar-refractivity contribution is 5.94. The minimum Gasteiger partial charge on any atom is -0.377 e. The SMILES string of the molecule is CCOC(C)CNC(=O)c1cccc(C(F)(F)F)c1F. The third-order valence-electron chi connectivity index (χ3n) is 2.55. The Morgan fingerprint density at radius 1 is 1.40 bits per heavy atom. The van der Waals surface area contributed by atoms with E-state index in [9.17, 15) is 22.4 Å². The Labute approximate surface area is 113 Å². The number of hydrogen-bond donors (Lipinski definition) is 1. The van der Waals surface area contributed by atoms with E-state index >= 15 is 0 Å². The fourth-order valence-corrected chi connectivity index (χ4v) is 1.60. The van der Waals surface area contributed by atoms with Gasteiger partial charge < -0.3 is 10.1 Å². The lowest BCUT2D eigenvalue weighted by Crippen LogP contribution is -2.33. The third kappa shape index (κ3) is 4.19. The topological polar surface area (TPSA) is 38.3 Å². The van der Waals surface area contributed by atoms with Crippen LogP contribution >= 0.6 is 0 Å². The molecule has 0 saturated carbocycles. The van der Waals surface area contributed by atoms with Crippen molar-refractivity contribution in [2.45, 2.75) is 26.1 Å². The van der Waals surface area contributed by atoms with Crippen LogP contribution in [0.25, 0.3) is 0 Å². The van der Waals surface area contributed by atoms with Crippen molar-refractivity contribution >= 4 is 5.91 Å². The van der Waals surface area contributed by atoms with Gasteiger partial charge in [0.15, 0.2) is 0 Å².